The molecule has 3 aromatic rings. The van der Waals surface area contributed by atoms with Crippen LogP contribution in [0.5, 0.6) is 5.75 Å². The van der Waals surface area contributed by atoms with Gasteiger partial charge in [-0.25, -0.2) is 19.2 Å². The van der Waals surface area contributed by atoms with Crippen LogP contribution in [-0.2, 0) is 11.3 Å². The van der Waals surface area contributed by atoms with Crippen molar-refractivity contribution in [3.8, 4) is 26.9 Å². The third kappa shape index (κ3) is 3.33. The van der Waals surface area contributed by atoms with E-state index in [0.29, 0.717) is 11.6 Å². The van der Waals surface area contributed by atoms with Crippen LogP contribution in [-0.4, -0.2) is 30.2 Å². The van der Waals surface area contributed by atoms with Crippen molar-refractivity contribution in [2.45, 2.75) is 13.5 Å². The number of thiazole rings is 2. The van der Waals surface area contributed by atoms with E-state index in [1.165, 1.54) is 43.0 Å². The fourth-order valence-electron chi connectivity index (χ4n) is 2.43. The van der Waals surface area contributed by atoms with Crippen molar-refractivity contribution in [2.24, 2.45) is 5.73 Å². The van der Waals surface area contributed by atoms with E-state index in [1.54, 1.807) is 0 Å². The van der Waals surface area contributed by atoms with Gasteiger partial charge in [-0.2, -0.15) is 0 Å². The molecular formula is C17H16FN3O3S2. The van der Waals surface area contributed by atoms with Crippen LogP contribution < -0.4 is 10.5 Å². The fraction of sp³-hybridized carbons (Fsp3) is 0.235. The van der Waals surface area contributed by atoms with Crippen molar-refractivity contribution in [2.75, 3.05) is 14.2 Å². The van der Waals surface area contributed by atoms with Crippen LogP contribution in [0.1, 0.15) is 21.1 Å². The summed E-state index contributed by atoms with van der Waals surface area (Å²) in [7, 11) is 2.64. The molecule has 0 unspecified atom stereocenters. The van der Waals surface area contributed by atoms with Crippen LogP contribution in [0.15, 0.2) is 17.5 Å². The highest BCUT2D eigenvalue weighted by Gasteiger charge is 2.20. The monoisotopic (exact) mass is 393 g/mol. The molecule has 0 aliphatic heterocycles. The molecule has 0 fully saturated rings. The first-order chi connectivity index (χ1) is 12.5. The Bertz CT molecular complexity index is 968. The largest absolute Gasteiger partial charge is 0.496 e. The van der Waals surface area contributed by atoms with Crippen LogP contribution in [0.25, 0.3) is 21.1 Å². The number of carbonyl (C=O) groups excluding carboxylic acids is 1. The molecule has 2 aromatic heterocycles. The number of ether oxygens (including phenoxy) is 2. The number of aryl methyl sites for hydroxylation is 1. The molecule has 0 spiro atoms. The van der Waals surface area contributed by atoms with Crippen molar-refractivity contribution in [3.05, 3.63) is 39.6 Å². The van der Waals surface area contributed by atoms with Gasteiger partial charge in [0.1, 0.15) is 27.1 Å². The minimum absolute atomic E-state index is 0.0268. The third-order valence-electron chi connectivity index (χ3n) is 3.68. The summed E-state index contributed by atoms with van der Waals surface area (Å²) in [6.45, 7) is 2.25. The predicted octanol–water partition coefficient (Wildman–Crippen LogP) is 3.64. The lowest BCUT2D eigenvalue weighted by Gasteiger charge is -2.09. The molecule has 26 heavy (non-hydrogen) atoms. The Morgan fingerprint density at radius 2 is 2.08 bits per heavy atom. The summed E-state index contributed by atoms with van der Waals surface area (Å²) >= 11 is 2.77. The van der Waals surface area contributed by atoms with Gasteiger partial charge in [0.15, 0.2) is 0 Å². The lowest BCUT2D eigenvalue weighted by atomic mass is 10.1. The van der Waals surface area contributed by atoms with Crippen molar-refractivity contribution < 1.29 is 18.7 Å². The first kappa shape index (κ1) is 18.4. The summed E-state index contributed by atoms with van der Waals surface area (Å²) in [5.74, 6) is -1.01. The number of halogens is 1. The first-order valence-electron chi connectivity index (χ1n) is 7.57. The number of methoxy groups -OCH3 is 2. The number of carbonyl (C=O) groups is 1. The molecule has 2 N–H and O–H groups in total. The smallest absolute Gasteiger partial charge is 0.341 e. The second kappa shape index (κ2) is 7.48. The molecule has 0 atom stereocenters. The number of aromatic nitrogens is 2. The average Bonchev–Trinajstić information content (AvgIpc) is 3.27. The van der Waals surface area contributed by atoms with Gasteiger partial charge in [0.25, 0.3) is 0 Å². The van der Waals surface area contributed by atoms with Crippen LogP contribution in [0.2, 0.25) is 0 Å². The number of nitrogens with zero attached hydrogens (tertiary/aromatic N) is 2. The second-order valence-electron chi connectivity index (χ2n) is 5.29. The zero-order chi connectivity index (χ0) is 18.8. The molecule has 1 aromatic carbocycles. The number of esters is 1. The van der Waals surface area contributed by atoms with Gasteiger partial charge < -0.3 is 15.2 Å². The SMILES string of the molecule is COC(=O)c1cc(F)c(-c2nc(-c3sc(CN)nc3C)cs2)cc1OC. The molecular weight excluding hydrogens is 377 g/mol. The maximum absolute atomic E-state index is 14.6. The van der Waals surface area contributed by atoms with Crippen LogP contribution in [0.4, 0.5) is 4.39 Å². The van der Waals surface area contributed by atoms with Crippen molar-refractivity contribution in [1.82, 2.24) is 9.97 Å². The van der Waals surface area contributed by atoms with E-state index in [-0.39, 0.29) is 16.9 Å². The molecule has 0 aliphatic carbocycles. The zero-order valence-corrected chi connectivity index (χ0v) is 16.0. The summed E-state index contributed by atoms with van der Waals surface area (Å²) in [5, 5.41) is 3.15. The van der Waals surface area contributed by atoms with E-state index in [1.807, 2.05) is 12.3 Å². The molecule has 3 rings (SSSR count). The Balaban J connectivity index is 2.04. The van der Waals surface area contributed by atoms with Gasteiger partial charge in [-0.1, -0.05) is 0 Å². The van der Waals surface area contributed by atoms with Crippen molar-refractivity contribution >= 4 is 28.6 Å². The lowest BCUT2D eigenvalue weighted by Crippen LogP contribution is -2.05. The maximum Gasteiger partial charge on any atom is 0.341 e. The minimum atomic E-state index is -0.665. The van der Waals surface area contributed by atoms with E-state index >= 15 is 0 Å². The highest BCUT2D eigenvalue weighted by atomic mass is 32.1. The van der Waals surface area contributed by atoms with Crippen LogP contribution >= 0.6 is 22.7 Å². The molecule has 0 radical (unpaired) electrons. The maximum atomic E-state index is 14.6. The standard InChI is InChI=1S/C17H16FN3O3S2/c1-8-15(26-14(6-19)20-8)12-7-25-16(21-12)9-5-13(23-2)10(4-11(9)18)17(22)24-3/h4-5,7H,6,19H2,1-3H3. The Morgan fingerprint density at radius 3 is 2.69 bits per heavy atom. The van der Waals surface area contributed by atoms with Gasteiger partial charge in [0.05, 0.1) is 30.5 Å². The van der Waals surface area contributed by atoms with Gasteiger partial charge in [0, 0.05) is 17.5 Å². The fourth-order valence-corrected chi connectivity index (χ4v) is 4.24. The van der Waals surface area contributed by atoms with Crippen LogP contribution in [0.3, 0.4) is 0 Å². The van der Waals surface area contributed by atoms with Crippen molar-refractivity contribution in [3.63, 3.8) is 0 Å². The summed E-state index contributed by atoms with van der Waals surface area (Å²) in [4.78, 5) is 21.6. The number of hydrogen-bond acceptors (Lipinski definition) is 8. The molecule has 6 nitrogen and oxygen atoms in total. The molecule has 0 saturated carbocycles. The van der Waals surface area contributed by atoms with Gasteiger partial charge in [-0.05, 0) is 19.1 Å². The topological polar surface area (TPSA) is 87.3 Å². The quantitative estimate of drug-likeness (QED) is 0.666. The Hall–Kier alpha value is -2.36. The van der Waals surface area contributed by atoms with Gasteiger partial charge in [0.2, 0.25) is 0 Å². The Morgan fingerprint density at radius 1 is 1.31 bits per heavy atom. The van der Waals surface area contributed by atoms with Crippen molar-refractivity contribution in [1.29, 1.82) is 0 Å². The van der Waals surface area contributed by atoms with E-state index in [2.05, 4.69) is 14.7 Å². The lowest BCUT2D eigenvalue weighted by molar-refractivity contribution is 0.0596. The number of benzene rings is 1. The molecule has 2 heterocycles. The highest BCUT2D eigenvalue weighted by molar-refractivity contribution is 7.16. The second-order valence-corrected chi connectivity index (χ2v) is 7.23. The van der Waals surface area contributed by atoms with Gasteiger partial charge >= 0.3 is 5.97 Å². The van der Waals surface area contributed by atoms with Gasteiger partial charge in [-0.15, -0.1) is 22.7 Å². The molecule has 0 aliphatic rings. The molecule has 0 amide bonds. The number of rotatable bonds is 5. The molecule has 9 heteroatoms. The summed E-state index contributed by atoms with van der Waals surface area (Å²) in [6.07, 6.45) is 0. The van der Waals surface area contributed by atoms with E-state index < -0.39 is 11.8 Å². The zero-order valence-electron chi connectivity index (χ0n) is 14.3. The predicted molar refractivity (Wildman–Crippen MR) is 99.1 cm³/mol. The van der Waals surface area contributed by atoms with E-state index in [0.717, 1.165) is 27.3 Å². The summed E-state index contributed by atoms with van der Waals surface area (Å²) in [6, 6.07) is 2.56. The number of hydrogen-bond donors (Lipinski definition) is 1. The number of nitrogens with two attached hydrogens (primary N) is 1. The first-order valence-corrected chi connectivity index (χ1v) is 9.26. The summed E-state index contributed by atoms with van der Waals surface area (Å²) in [5.41, 5.74) is 7.48. The Kier molecular flexibility index (Phi) is 5.30. The van der Waals surface area contributed by atoms with Gasteiger partial charge in [-0.3, -0.25) is 0 Å². The molecule has 0 saturated heterocycles. The molecule has 0 bridgehead atoms. The summed E-state index contributed by atoms with van der Waals surface area (Å²) < 4.78 is 24.4. The minimum Gasteiger partial charge on any atom is -0.496 e. The average molecular weight is 393 g/mol. The Labute approximate surface area is 157 Å². The van der Waals surface area contributed by atoms with E-state index in [9.17, 15) is 9.18 Å². The highest BCUT2D eigenvalue weighted by Crippen LogP contribution is 2.37. The van der Waals surface area contributed by atoms with E-state index in [4.69, 9.17) is 10.5 Å². The molecule has 136 valence electrons. The normalized spacial score (nSPS) is 10.8. The third-order valence-corrected chi connectivity index (χ3v) is 5.76. The van der Waals surface area contributed by atoms with Crippen LogP contribution in [0, 0.1) is 12.7 Å².